The Morgan fingerprint density at radius 1 is 0.941 bits per heavy atom. The van der Waals surface area contributed by atoms with E-state index >= 15 is 0 Å². The molecule has 0 aliphatic carbocycles. The van der Waals surface area contributed by atoms with Crippen LogP contribution in [0.15, 0.2) is 24.3 Å². The summed E-state index contributed by atoms with van der Waals surface area (Å²) < 4.78 is 0. The summed E-state index contributed by atoms with van der Waals surface area (Å²) in [6, 6.07) is 7.70. The van der Waals surface area contributed by atoms with Crippen LogP contribution in [0.5, 0.6) is 0 Å². The van der Waals surface area contributed by atoms with E-state index in [0.29, 0.717) is 0 Å². The molecule has 0 bridgehead atoms. The summed E-state index contributed by atoms with van der Waals surface area (Å²) in [7, 11) is 0. The van der Waals surface area contributed by atoms with Gasteiger partial charge in [-0.2, -0.15) is 0 Å². The van der Waals surface area contributed by atoms with Crippen LogP contribution in [0.4, 0.5) is 5.69 Å². The van der Waals surface area contributed by atoms with Crippen molar-refractivity contribution in [3.05, 3.63) is 29.8 Å². The third-order valence-corrected chi connectivity index (χ3v) is 1.46. The predicted octanol–water partition coefficient (Wildman–Crippen LogP) is 5.03. The minimum atomic E-state index is -0.0284. The summed E-state index contributed by atoms with van der Waals surface area (Å²) >= 11 is 0. The van der Waals surface area contributed by atoms with Crippen LogP contribution < -0.4 is 5.32 Å². The SMILES string of the molecule is CC.CC.CC.CC(=O)Nc1ccccc1C. The summed E-state index contributed by atoms with van der Waals surface area (Å²) in [6.45, 7) is 15.5. The highest BCUT2D eigenvalue weighted by Crippen LogP contribution is 2.12. The normalized spacial score (nSPS) is 7.06. The van der Waals surface area contributed by atoms with E-state index in [-0.39, 0.29) is 5.91 Å². The molecule has 100 valence electrons. The summed E-state index contributed by atoms with van der Waals surface area (Å²) in [5.74, 6) is -0.0284. The number of hydrogen-bond acceptors (Lipinski definition) is 1. The zero-order chi connectivity index (χ0) is 14.3. The van der Waals surface area contributed by atoms with Crippen molar-refractivity contribution >= 4 is 11.6 Å². The molecule has 0 saturated heterocycles. The molecule has 0 aromatic heterocycles. The second-order valence-electron chi connectivity index (χ2n) is 2.50. The van der Waals surface area contributed by atoms with Gasteiger partial charge >= 0.3 is 0 Å². The molecule has 0 heterocycles. The Kier molecular flexibility index (Phi) is 21.1. The fourth-order valence-electron chi connectivity index (χ4n) is 0.903. The Labute approximate surface area is 107 Å². The van der Waals surface area contributed by atoms with Crippen LogP contribution in [0.3, 0.4) is 0 Å². The molecule has 0 saturated carbocycles. The van der Waals surface area contributed by atoms with Crippen molar-refractivity contribution in [1.82, 2.24) is 0 Å². The van der Waals surface area contributed by atoms with Crippen molar-refractivity contribution in [3.63, 3.8) is 0 Å². The molecule has 0 spiro atoms. The van der Waals surface area contributed by atoms with Gasteiger partial charge in [0.25, 0.3) is 0 Å². The second-order valence-corrected chi connectivity index (χ2v) is 2.50. The zero-order valence-corrected chi connectivity index (χ0v) is 12.7. The quantitative estimate of drug-likeness (QED) is 0.731. The van der Waals surface area contributed by atoms with E-state index in [4.69, 9.17) is 0 Å². The van der Waals surface area contributed by atoms with Crippen LogP contribution in [0, 0.1) is 6.92 Å². The molecule has 2 heteroatoms. The molecule has 1 rings (SSSR count). The first-order chi connectivity index (χ1) is 8.20. The highest BCUT2D eigenvalue weighted by Gasteiger charge is 1.96. The predicted molar refractivity (Wildman–Crippen MR) is 79.5 cm³/mol. The number of amides is 1. The van der Waals surface area contributed by atoms with Gasteiger partial charge in [-0.15, -0.1) is 0 Å². The maximum atomic E-state index is 10.7. The van der Waals surface area contributed by atoms with Crippen LogP contribution in [0.1, 0.15) is 54.0 Å². The van der Waals surface area contributed by atoms with Crippen molar-refractivity contribution in [1.29, 1.82) is 0 Å². The Balaban J connectivity index is -0.000000285. The lowest BCUT2D eigenvalue weighted by Gasteiger charge is -2.03. The highest BCUT2D eigenvalue weighted by molar-refractivity contribution is 5.89. The molecule has 17 heavy (non-hydrogen) atoms. The topological polar surface area (TPSA) is 29.1 Å². The van der Waals surface area contributed by atoms with Crippen molar-refractivity contribution in [2.24, 2.45) is 0 Å². The van der Waals surface area contributed by atoms with Crippen LogP contribution in [0.2, 0.25) is 0 Å². The van der Waals surface area contributed by atoms with E-state index in [2.05, 4.69) is 5.32 Å². The lowest BCUT2D eigenvalue weighted by Crippen LogP contribution is -2.06. The molecular weight excluding hydrogens is 210 g/mol. The second kappa shape index (κ2) is 17.1. The molecule has 2 nitrogen and oxygen atoms in total. The van der Waals surface area contributed by atoms with E-state index in [0.717, 1.165) is 11.3 Å². The van der Waals surface area contributed by atoms with Gasteiger partial charge in [-0.25, -0.2) is 0 Å². The van der Waals surface area contributed by atoms with Gasteiger partial charge in [-0.1, -0.05) is 59.7 Å². The summed E-state index contributed by atoms with van der Waals surface area (Å²) in [4.78, 5) is 10.7. The Morgan fingerprint density at radius 3 is 1.71 bits per heavy atom. The Hall–Kier alpha value is -1.31. The third kappa shape index (κ3) is 12.6. The van der Waals surface area contributed by atoms with Crippen molar-refractivity contribution < 1.29 is 4.79 Å². The first-order valence-electron chi connectivity index (χ1n) is 6.53. The standard InChI is InChI=1S/C9H11NO.3C2H6/c1-7-5-3-4-6-9(7)10-8(2)11;3*1-2/h3-6H,1-2H3,(H,10,11);3*1-2H3. The highest BCUT2D eigenvalue weighted by atomic mass is 16.1. The van der Waals surface area contributed by atoms with E-state index in [1.807, 2.05) is 72.7 Å². The Morgan fingerprint density at radius 2 is 1.35 bits per heavy atom. The van der Waals surface area contributed by atoms with Crippen LogP contribution >= 0.6 is 0 Å². The monoisotopic (exact) mass is 239 g/mol. The maximum absolute atomic E-state index is 10.7. The molecule has 0 radical (unpaired) electrons. The molecule has 1 N–H and O–H groups in total. The molecule has 0 aliphatic heterocycles. The Bertz CT molecular complexity index is 269. The van der Waals surface area contributed by atoms with Crippen LogP contribution in [-0.4, -0.2) is 5.91 Å². The molecular formula is C15H29NO. The lowest BCUT2D eigenvalue weighted by molar-refractivity contribution is -0.114. The van der Waals surface area contributed by atoms with Gasteiger partial charge in [-0.3, -0.25) is 4.79 Å². The minimum absolute atomic E-state index is 0.0284. The lowest BCUT2D eigenvalue weighted by atomic mass is 10.2. The number of benzene rings is 1. The molecule has 1 aromatic carbocycles. The van der Waals surface area contributed by atoms with Crippen molar-refractivity contribution in [2.75, 3.05) is 5.32 Å². The molecule has 0 unspecified atom stereocenters. The summed E-state index contributed by atoms with van der Waals surface area (Å²) in [6.07, 6.45) is 0. The zero-order valence-electron chi connectivity index (χ0n) is 12.7. The number of hydrogen-bond donors (Lipinski definition) is 1. The fraction of sp³-hybridized carbons (Fsp3) is 0.533. The van der Waals surface area contributed by atoms with E-state index < -0.39 is 0 Å². The number of anilines is 1. The minimum Gasteiger partial charge on any atom is -0.326 e. The maximum Gasteiger partial charge on any atom is 0.221 e. The number of rotatable bonds is 1. The third-order valence-electron chi connectivity index (χ3n) is 1.46. The number of aryl methyl sites for hydroxylation is 1. The van der Waals surface area contributed by atoms with Gasteiger partial charge in [0, 0.05) is 12.6 Å². The summed E-state index contributed by atoms with van der Waals surface area (Å²) in [5, 5.41) is 2.73. The first-order valence-corrected chi connectivity index (χ1v) is 6.53. The van der Waals surface area contributed by atoms with Crippen LogP contribution in [-0.2, 0) is 4.79 Å². The van der Waals surface area contributed by atoms with Gasteiger partial charge in [-0.05, 0) is 18.6 Å². The van der Waals surface area contributed by atoms with Crippen molar-refractivity contribution in [3.8, 4) is 0 Å². The first kappa shape index (κ1) is 21.0. The molecule has 0 fully saturated rings. The molecule has 1 amide bonds. The largest absolute Gasteiger partial charge is 0.326 e. The van der Waals surface area contributed by atoms with E-state index in [1.54, 1.807) is 0 Å². The van der Waals surface area contributed by atoms with Gasteiger partial charge in [0.1, 0.15) is 0 Å². The van der Waals surface area contributed by atoms with Crippen LogP contribution in [0.25, 0.3) is 0 Å². The molecule has 0 aliphatic rings. The number of para-hydroxylation sites is 1. The van der Waals surface area contributed by atoms with E-state index in [1.165, 1.54) is 6.92 Å². The average molecular weight is 239 g/mol. The molecule has 1 aromatic rings. The van der Waals surface area contributed by atoms with Crippen molar-refractivity contribution in [2.45, 2.75) is 55.4 Å². The average Bonchev–Trinajstić information content (AvgIpc) is 2.39. The van der Waals surface area contributed by atoms with E-state index in [9.17, 15) is 4.79 Å². The smallest absolute Gasteiger partial charge is 0.221 e. The van der Waals surface area contributed by atoms with Gasteiger partial charge in [0.05, 0.1) is 0 Å². The fourth-order valence-corrected chi connectivity index (χ4v) is 0.903. The molecule has 0 atom stereocenters. The number of nitrogens with one attached hydrogen (secondary N) is 1. The number of carbonyl (C=O) groups excluding carboxylic acids is 1. The number of carbonyl (C=O) groups is 1. The van der Waals surface area contributed by atoms with Gasteiger partial charge < -0.3 is 5.32 Å². The summed E-state index contributed by atoms with van der Waals surface area (Å²) in [5.41, 5.74) is 1.97. The van der Waals surface area contributed by atoms with Gasteiger partial charge in [0.2, 0.25) is 5.91 Å². The van der Waals surface area contributed by atoms with Gasteiger partial charge in [0.15, 0.2) is 0 Å².